The molecule has 308 valence electrons. The number of rotatable bonds is 8. The molecule has 0 radical (unpaired) electrons. The van der Waals surface area contributed by atoms with Crippen molar-refractivity contribution in [3.05, 3.63) is 115 Å². The van der Waals surface area contributed by atoms with Gasteiger partial charge in [-0.3, -0.25) is 28.7 Å². The monoisotopic (exact) mass is 830 g/mol. The summed E-state index contributed by atoms with van der Waals surface area (Å²) in [5.74, 6) is -1.76. The van der Waals surface area contributed by atoms with Gasteiger partial charge >= 0.3 is 31.9 Å². The molecule has 1 aromatic heterocycles. The number of carbonyl (C=O) groups is 4. The van der Waals surface area contributed by atoms with E-state index in [1.54, 1.807) is 53.7 Å². The van der Waals surface area contributed by atoms with Gasteiger partial charge < -0.3 is 29.0 Å². The van der Waals surface area contributed by atoms with Crippen molar-refractivity contribution < 1.29 is 56.8 Å². The first kappa shape index (κ1) is 41.2. The van der Waals surface area contributed by atoms with Crippen molar-refractivity contribution in [2.24, 2.45) is 10.8 Å². The van der Waals surface area contributed by atoms with Crippen LogP contribution in [0.5, 0.6) is 23.0 Å². The summed E-state index contributed by atoms with van der Waals surface area (Å²) in [7, 11) is -3.03. The molecule has 1 fully saturated rings. The Morgan fingerprint density at radius 3 is 2.05 bits per heavy atom. The highest BCUT2D eigenvalue weighted by Gasteiger charge is 2.54. The van der Waals surface area contributed by atoms with Gasteiger partial charge in [0.25, 0.3) is 11.5 Å². The number of benzene rings is 3. The van der Waals surface area contributed by atoms with Gasteiger partial charge in [0.05, 0.1) is 22.4 Å². The fourth-order valence-corrected chi connectivity index (χ4v) is 7.14. The van der Waals surface area contributed by atoms with Crippen LogP contribution in [0.1, 0.15) is 97.2 Å². The maximum absolute atomic E-state index is 14.1. The van der Waals surface area contributed by atoms with Gasteiger partial charge in [-0.2, -0.15) is 0 Å². The normalized spacial score (nSPS) is 19.2. The SMILES string of the molecule is Cc1cn([C@H]2C[C@@H](NC(=O)c3ccc4c(c3)C3(OC4=O)c4ccc(OC(=O)C(C)(C)C)cc4Oc4cc(OC(=O)C(C)(C)C)ccc43)[C@@H](CO[P+](=O)O)O2)c(=O)[nH]c1=O. The molecule has 59 heavy (non-hydrogen) atoms. The molecular weight excluding hydrogens is 789 g/mol. The number of nitrogens with zero attached hydrogens (tertiary/aromatic N) is 1. The van der Waals surface area contributed by atoms with Crippen molar-refractivity contribution in [3.63, 3.8) is 0 Å². The number of ether oxygens (including phenoxy) is 5. The number of esters is 3. The molecule has 4 heterocycles. The zero-order valence-electron chi connectivity index (χ0n) is 33.1. The Bertz CT molecular complexity index is 2490. The summed E-state index contributed by atoms with van der Waals surface area (Å²) in [5.41, 5.74) is -3.30. The number of hydrogen-bond acceptors (Lipinski definition) is 13. The summed E-state index contributed by atoms with van der Waals surface area (Å²) >= 11 is 0. The zero-order chi connectivity index (χ0) is 42.8. The van der Waals surface area contributed by atoms with E-state index in [4.69, 9.17) is 28.2 Å². The maximum atomic E-state index is 14.1. The minimum Gasteiger partial charge on any atom is -0.456 e. The first-order valence-corrected chi connectivity index (χ1v) is 19.7. The zero-order valence-corrected chi connectivity index (χ0v) is 34.0. The third-order valence-electron chi connectivity index (χ3n) is 10.0. The van der Waals surface area contributed by atoms with E-state index < -0.39 is 84.7 Å². The van der Waals surface area contributed by atoms with E-state index in [0.717, 1.165) is 4.57 Å². The third-order valence-corrected chi connectivity index (χ3v) is 10.4. The molecule has 3 aliphatic heterocycles. The van der Waals surface area contributed by atoms with E-state index in [9.17, 15) is 38.2 Å². The number of fused-ring (bicyclic) bond motifs is 6. The number of nitrogens with one attached hydrogen (secondary N) is 2. The molecule has 3 N–H and O–H groups in total. The van der Waals surface area contributed by atoms with Gasteiger partial charge in [0.1, 0.15) is 41.9 Å². The molecular formula is C41H41N3O14P+. The Kier molecular flexibility index (Phi) is 10.5. The quantitative estimate of drug-likeness (QED) is 0.120. The Morgan fingerprint density at radius 2 is 1.49 bits per heavy atom. The summed E-state index contributed by atoms with van der Waals surface area (Å²) in [6, 6.07) is 12.7. The van der Waals surface area contributed by atoms with E-state index in [-0.39, 0.29) is 51.7 Å². The first-order chi connectivity index (χ1) is 27.6. The second-order valence-corrected chi connectivity index (χ2v) is 17.2. The topological polar surface area (TPSA) is 228 Å². The minimum absolute atomic E-state index is 0.00613. The summed E-state index contributed by atoms with van der Waals surface area (Å²) in [6.07, 6.45) is -0.669. The molecule has 4 atom stereocenters. The molecule has 7 rings (SSSR count). The fourth-order valence-electron chi connectivity index (χ4n) is 6.87. The van der Waals surface area contributed by atoms with E-state index in [1.165, 1.54) is 55.6 Å². The van der Waals surface area contributed by atoms with Crippen molar-refractivity contribution in [1.29, 1.82) is 0 Å². The van der Waals surface area contributed by atoms with Crippen LogP contribution in [0.15, 0.2) is 70.4 Å². The molecule has 1 unspecified atom stereocenters. The summed E-state index contributed by atoms with van der Waals surface area (Å²) < 4.78 is 47.5. The lowest BCUT2D eigenvalue weighted by molar-refractivity contribution is -0.143. The van der Waals surface area contributed by atoms with Crippen LogP contribution in [-0.2, 0) is 33.8 Å². The van der Waals surface area contributed by atoms with Gasteiger partial charge in [0.15, 0.2) is 5.60 Å². The van der Waals surface area contributed by atoms with E-state index >= 15 is 0 Å². The van der Waals surface area contributed by atoms with Crippen molar-refractivity contribution >= 4 is 32.1 Å². The van der Waals surface area contributed by atoms with Crippen LogP contribution >= 0.6 is 8.25 Å². The second kappa shape index (κ2) is 15.0. The number of H-pyrrole nitrogens is 1. The lowest BCUT2D eigenvalue weighted by atomic mass is 9.77. The number of aromatic amines is 1. The Balaban J connectivity index is 1.28. The second-order valence-electron chi connectivity index (χ2n) is 16.5. The average molecular weight is 831 g/mol. The lowest BCUT2D eigenvalue weighted by Crippen LogP contribution is -2.42. The third kappa shape index (κ3) is 7.81. The van der Waals surface area contributed by atoms with Crippen molar-refractivity contribution in [1.82, 2.24) is 14.9 Å². The largest absolute Gasteiger partial charge is 0.694 e. The number of amides is 1. The summed E-state index contributed by atoms with van der Waals surface area (Å²) in [4.78, 5) is 89.8. The minimum atomic E-state index is -3.03. The van der Waals surface area contributed by atoms with E-state index in [2.05, 4.69) is 10.3 Å². The summed E-state index contributed by atoms with van der Waals surface area (Å²) in [5, 5.41) is 2.87. The highest BCUT2D eigenvalue weighted by Crippen LogP contribution is 2.57. The van der Waals surface area contributed by atoms with Crippen LogP contribution in [0.4, 0.5) is 0 Å². The number of aryl methyl sites for hydroxylation is 1. The fraction of sp³-hybridized carbons (Fsp3) is 0.366. The first-order valence-electron chi connectivity index (χ1n) is 18.5. The Hall–Kier alpha value is -6.00. The van der Waals surface area contributed by atoms with Crippen LogP contribution in [-0.4, -0.2) is 57.0 Å². The Morgan fingerprint density at radius 1 is 0.898 bits per heavy atom. The average Bonchev–Trinajstić information content (AvgIpc) is 3.68. The molecule has 3 aliphatic rings. The van der Waals surface area contributed by atoms with Gasteiger partial charge in [-0.1, -0.05) is 0 Å². The molecule has 1 amide bonds. The predicted octanol–water partition coefficient (Wildman–Crippen LogP) is 5.07. The van der Waals surface area contributed by atoms with Crippen molar-refractivity contribution in [3.8, 4) is 23.0 Å². The van der Waals surface area contributed by atoms with Crippen LogP contribution in [0, 0.1) is 17.8 Å². The van der Waals surface area contributed by atoms with Crippen LogP contribution in [0.2, 0.25) is 0 Å². The molecule has 4 aromatic rings. The van der Waals surface area contributed by atoms with Crippen molar-refractivity contribution in [2.45, 2.75) is 78.9 Å². The molecule has 0 bridgehead atoms. The molecule has 1 saturated heterocycles. The molecule has 0 aliphatic carbocycles. The number of aromatic nitrogens is 2. The van der Waals surface area contributed by atoms with Gasteiger partial charge in [-0.15, -0.1) is 9.42 Å². The highest BCUT2D eigenvalue weighted by atomic mass is 31.1. The van der Waals surface area contributed by atoms with Gasteiger partial charge in [0, 0.05) is 57.1 Å². The van der Waals surface area contributed by atoms with Crippen molar-refractivity contribution in [2.75, 3.05) is 6.61 Å². The smallest absolute Gasteiger partial charge is 0.456 e. The van der Waals surface area contributed by atoms with Gasteiger partial charge in [0.2, 0.25) is 0 Å². The molecule has 3 aromatic carbocycles. The van der Waals surface area contributed by atoms with E-state index in [0.29, 0.717) is 11.1 Å². The molecule has 0 saturated carbocycles. The lowest BCUT2D eigenvalue weighted by Gasteiger charge is -2.37. The van der Waals surface area contributed by atoms with Crippen LogP contribution < -0.4 is 30.8 Å². The van der Waals surface area contributed by atoms with Crippen LogP contribution in [0.3, 0.4) is 0 Å². The maximum Gasteiger partial charge on any atom is 0.694 e. The van der Waals surface area contributed by atoms with E-state index in [1.807, 2.05) is 0 Å². The van der Waals surface area contributed by atoms with Crippen LogP contribution in [0.25, 0.3) is 0 Å². The van der Waals surface area contributed by atoms with Gasteiger partial charge in [-0.25, -0.2) is 9.59 Å². The molecule has 1 spiro atoms. The Labute approximate surface area is 337 Å². The molecule has 18 heteroatoms. The van der Waals surface area contributed by atoms with Gasteiger partial charge in [-0.05, 0) is 90.9 Å². The summed E-state index contributed by atoms with van der Waals surface area (Å²) in [6.45, 7) is 11.3. The highest BCUT2D eigenvalue weighted by molar-refractivity contribution is 7.32. The number of hydrogen-bond donors (Lipinski definition) is 3. The number of carbonyl (C=O) groups excluding carboxylic acids is 4. The molecule has 17 nitrogen and oxygen atoms in total. The predicted molar refractivity (Wildman–Crippen MR) is 206 cm³/mol. The standard InChI is InChI=1S/C41H40N3O14P/c1-20-18-44(38(50)43-33(20)45)32-17-28(31(57-32)19-53-59(51)52)42-34(46)21-8-11-24-27(14-21)41(58-35(24)47)25-12-9-22(54-36(48)39(2,3)4)15-29(25)56-30-16-23(10-13-26(30)41)55-37(49)40(5,6)7/h8-16,18,28,31-32H,17,19H2,1-7H3,(H2-,42,43,45,46,50,51,52)/p+1/t28-,31-,32-/m1/s1.